The lowest BCUT2D eigenvalue weighted by molar-refractivity contribution is 0.171. The van der Waals surface area contributed by atoms with Crippen LogP contribution in [0.3, 0.4) is 0 Å². The molecule has 2 amide bonds. The van der Waals surface area contributed by atoms with E-state index in [0.29, 0.717) is 30.4 Å². The minimum absolute atomic E-state index is 0.00173. The Morgan fingerprint density at radius 3 is 2.81 bits per heavy atom. The van der Waals surface area contributed by atoms with Crippen LogP contribution in [-0.2, 0) is 6.42 Å². The van der Waals surface area contributed by atoms with Gasteiger partial charge in [0.25, 0.3) is 0 Å². The number of hydrogen-bond acceptors (Lipinski definition) is 4. The molecule has 0 fully saturated rings. The molecule has 2 aromatic rings. The van der Waals surface area contributed by atoms with Crippen LogP contribution in [-0.4, -0.2) is 26.4 Å². The zero-order valence-corrected chi connectivity index (χ0v) is 14.7. The van der Waals surface area contributed by atoms with Gasteiger partial charge in [-0.3, -0.25) is 0 Å². The molecule has 2 aliphatic rings. The molecule has 0 spiro atoms. The van der Waals surface area contributed by atoms with Crippen LogP contribution in [0.25, 0.3) is 0 Å². The number of anilines is 1. The number of methoxy groups -OCH3 is 1. The summed E-state index contributed by atoms with van der Waals surface area (Å²) in [5, 5.41) is 5.96. The second-order valence-electron chi connectivity index (χ2n) is 6.47. The molecule has 1 aliphatic carbocycles. The Morgan fingerprint density at radius 2 is 1.96 bits per heavy atom. The van der Waals surface area contributed by atoms with Crippen molar-refractivity contribution in [2.75, 3.05) is 25.6 Å². The monoisotopic (exact) mass is 354 g/mol. The minimum atomic E-state index is -0.227. The van der Waals surface area contributed by atoms with Gasteiger partial charge >= 0.3 is 6.03 Å². The molecule has 2 N–H and O–H groups in total. The van der Waals surface area contributed by atoms with Crippen molar-refractivity contribution in [1.82, 2.24) is 5.32 Å². The van der Waals surface area contributed by atoms with Crippen molar-refractivity contribution < 1.29 is 19.0 Å². The molecule has 0 unspecified atom stereocenters. The summed E-state index contributed by atoms with van der Waals surface area (Å²) in [4.78, 5) is 12.5. The molecule has 0 radical (unpaired) electrons. The molecule has 26 heavy (non-hydrogen) atoms. The van der Waals surface area contributed by atoms with Gasteiger partial charge in [0.15, 0.2) is 11.5 Å². The van der Waals surface area contributed by atoms with Gasteiger partial charge in [0.2, 0.25) is 0 Å². The number of benzene rings is 2. The maximum atomic E-state index is 12.5. The van der Waals surface area contributed by atoms with Crippen molar-refractivity contribution in [3.05, 3.63) is 47.5 Å². The van der Waals surface area contributed by atoms with Crippen molar-refractivity contribution in [3.8, 4) is 17.2 Å². The standard InChI is InChI=1S/C20H22N2O4/c1-24-15-6-7-16-13(11-15)3-2-4-17(16)22-20(23)21-14-5-8-18-19(12-14)26-10-9-25-18/h5-8,11-12,17H,2-4,9-10H2,1H3,(H2,21,22,23)/t17-/m1/s1. The molecule has 1 atom stereocenters. The van der Waals surface area contributed by atoms with E-state index in [1.54, 1.807) is 13.2 Å². The first-order valence-electron chi connectivity index (χ1n) is 8.87. The molecule has 4 rings (SSSR count). The Hall–Kier alpha value is -2.89. The van der Waals surface area contributed by atoms with Crippen molar-refractivity contribution in [1.29, 1.82) is 0 Å². The molecule has 2 aromatic carbocycles. The predicted octanol–water partition coefficient (Wildman–Crippen LogP) is 3.67. The van der Waals surface area contributed by atoms with Gasteiger partial charge in [0.05, 0.1) is 13.2 Å². The summed E-state index contributed by atoms with van der Waals surface area (Å²) in [6, 6.07) is 11.2. The van der Waals surface area contributed by atoms with Crippen molar-refractivity contribution in [3.63, 3.8) is 0 Å². The molecular formula is C20H22N2O4. The number of fused-ring (bicyclic) bond motifs is 2. The summed E-state index contributed by atoms with van der Waals surface area (Å²) in [6.45, 7) is 1.07. The van der Waals surface area contributed by atoms with E-state index in [9.17, 15) is 4.79 Å². The van der Waals surface area contributed by atoms with Crippen LogP contribution in [0.4, 0.5) is 10.5 Å². The van der Waals surface area contributed by atoms with E-state index < -0.39 is 0 Å². The number of rotatable bonds is 3. The quantitative estimate of drug-likeness (QED) is 0.882. The summed E-state index contributed by atoms with van der Waals surface area (Å²) < 4.78 is 16.4. The van der Waals surface area contributed by atoms with Crippen LogP contribution < -0.4 is 24.8 Å². The summed E-state index contributed by atoms with van der Waals surface area (Å²) in [5.41, 5.74) is 3.08. The molecule has 6 heteroatoms. The lowest BCUT2D eigenvalue weighted by atomic mass is 9.87. The minimum Gasteiger partial charge on any atom is -0.497 e. The number of urea groups is 1. The van der Waals surface area contributed by atoms with Crippen molar-refractivity contribution in [2.45, 2.75) is 25.3 Å². The average molecular weight is 354 g/mol. The van der Waals surface area contributed by atoms with Gasteiger partial charge in [0.1, 0.15) is 19.0 Å². The third kappa shape index (κ3) is 3.40. The molecule has 0 bridgehead atoms. The maximum Gasteiger partial charge on any atom is 0.319 e. The van der Waals surface area contributed by atoms with Gasteiger partial charge in [-0.1, -0.05) is 6.07 Å². The molecular weight excluding hydrogens is 332 g/mol. The zero-order chi connectivity index (χ0) is 17.9. The van der Waals surface area contributed by atoms with Gasteiger partial charge in [-0.2, -0.15) is 0 Å². The lowest BCUT2D eigenvalue weighted by Gasteiger charge is -2.27. The Labute approximate surface area is 152 Å². The first kappa shape index (κ1) is 16.6. The molecule has 0 aromatic heterocycles. The first-order chi connectivity index (χ1) is 12.7. The SMILES string of the molecule is COc1ccc2c(c1)CCC[C@H]2NC(=O)Nc1ccc2c(c1)OCCO2. The van der Waals surface area contributed by atoms with Gasteiger partial charge < -0.3 is 24.8 Å². The number of amides is 2. The molecule has 1 heterocycles. The number of ether oxygens (including phenoxy) is 3. The van der Waals surface area contributed by atoms with E-state index in [0.717, 1.165) is 30.6 Å². The lowest BCUT2D eigenvalue weighted by Crippen LogP contribution is -2.34. The number of aryl methyl sites for hydroxylation is 1. The first-order valence-corrected chi connectivity index (χ1v) is 8.87. The summed E-state index contributed by atoms with van der Waals surface area (Å²) in [6.07, 6.45) is 2.97. The van der Waals surface area contributed by atoms with Crippen LogP contribution >= 0.6 is 0 Å². The van der Waals surface area contributed by atoms with Gasteiger partial charge in [-0.25, -0.2) is 4.79 Å². The fourth-order valence-corrected chi connectivity index (χ4v) is 3.51. The Bertz CT molecular complexity index is 821. The number of hydrogen-bond donors (Lipinski definition) is 2. The largest absolute Gasteiger partial charge is 0.497 e. The molecule has 1 aliphatic heterocycles. The summed E-state index contributed by atoms with van der Waals surface area (Å²) in [7, 11) is 1.67. The van der Waals surface area contributed by atoms with Crippen LogP contribution in [0.15, 0.2) is 36.4 Å². The highest BCUT2D eigenvalue weighted by atomic mass is 16.6. The topological polar surface area (TPSA) is 68.8 Å². The highest BCUT2D eigenvalue weighted by molar-refractivity contribution is 5.90. The molecule has 6 nitrogen and oxygen atoms in total. The Balaban J connectivity index is 1.44. The Morgan fingerprint density at radius 1 is 1.12 bits per heavy atom. The second-order valence-corrected chi connectivity index (χ2v) is 6.47. The molecule has 136 valence electrons. The number of nitrogens with one attached hydrogen (secondary N) is 2. The maximum absolute atomic E-state index is 12.5. The Kier molecular flexibility index (Phi) is 4.56. The summed E-state index contributed by atoms with van der Waals surface area (Å²) >= 11 is 0. The number of carbonyl (C=O) groups excluding carboxylic acids is 1. The third-order valence-corrected chi connectivity index (χ3v) is 4.77. The van der Waals surface area contributed by atoms with Crippen LogP contribution in [0, 0.1) is 0 Å². The highest BCUT2D eigenvalue weighted by Crippen LogP contribution is 2.34. The van der Waals surface area contributed by atoms with E-state index in [1.807, 2.05) is 24.3 Å². The molecule has 0 saturated heterocycles. The van der Waals surface area contributed by atoms with Gasteiger partial charge in [0, 0.05) is 11.8 Å². The van der Waals surface area contributed by atoms with E-state index in [2.05, 4.69) is 16.7 Å². The van der Waals surface area contributed by atoms with E-state index in [4.69, 9.17) is 14.2 Å². The van der Waals surface area contributed by atoms with Crippen LogP contribution in [0.1, 0.15) is 30.0 Å². The molecule has 0 saturated carbocycles. The summed E-state index contributed by atoms with van der Waals surface area (Å²) in [5.74, 6) is 2.21. The van der Waals surface area contributed by atoms with Crippen molar-refractivity contribution in [2.24, 2.45) is 0 Å². The van der Waals surface area contributed by atoms with Crippen LogP contribution in [0.2, 0.25) is 0 Å². The normalized spacial score (nSPS) is 17.8. The van der Waals surface area contributed by atoms with E-state index >= 15 is 0 Å². The zero-order valence-electron chi connectivity index (χ0n) is 14.7. The fraction of sp³-hybridized carbons (Fsp3) is 0.350. The third-order valence-electron chi connectivity index (χ3n) is 4.77. The predicted molar refractivity (Wildman–Crippen MR) is 98.3 cm³/mol. The average Bonchev–Trinajstić information content (AvgIpc) is 2.67. The van der Waals surface area contributed by atoms with Crippen LogP contribution in [0.5, 0.6) is 17.2 Å². The van der Waals surface area contributed by atoms with E-state index in [1.165, 1.54) is 5.56 Å². The van der Waals surface area contributed by atoms with Gasteiger partial charge in [-0.15, -0.1) is 0 Å². The van der Waals surface area contributed by atoms with Gasteiger partial charge in [-0.05, 0) is 54.7 Å². The number of carbonyl (C=O) groups is 1. The highest BCUT2D eigenvalue weighted by Gasteiger charge is 2.22. The second kappa shape index (κ2) is 7.15. The smallest absolute Gasteiger partial charge is 0.319 e. The van der Waals surface area contributed by atoms with Crippen molar-refractivity contribution >= 4 is 11.7 Å². The fourth-order valence-electron chi connectivity index (χ4n) is 3.51. The van der Waals surface area contributed by atoms with E-state index in [-0.39, 0.29) is 12.1 Å².